The lowest BCUT2D eigenvalue weighted by Crippen LogP contribution is -3.07. The van der Waals surface area contributed by atoms with E-state index < -0.39 is 10.1 Å². The fraction of sp³-hybridized carbons (Fsp3) is 0.250. The number of hydrogen-bond donors (Lipinski definition) is 1. The predicted molar refractivity (Wildman–Crippen MR) is 121 cm³/mol. The molecule has 0 bridgehead atoms. The molecule has 6 heteroatoms. The first-order valence-corrected chi connectivity index (χ1v) is 11.9. The zero-order chi connectivity index (χ0) is 21.1. The second-order valence-electron chi connectivity index (χ2n) is 7.64. The highest BCUT2D eigenvalue weighted by molar-refractivity contribution is 7.85. The summed E-state index contributed by atoms with van der Waals surface area (Å²) >= 11 is 0. The summed E-state index contributed by atoms with van der Waals surface area (Å²) in [5.41, 5.74) is 4.81. The Morgan fingerprint density at radius 3 is 2.63 bits per heavy atom. The number of rotatable bonds is 7. The van der Waals surface area contributed by atoms with E-state index in [0.717, 1.165) is 29.1 Å². The van der Waals surface area contributed by atoms with E-state index in [4.69, 9.17) is 0 Å². The first-order valence-electron chi connectivity index (χ1n) is 10.3. The monoisotopic (exact) mass is 422 g/mol. The van der Waals surface area contributed by atoms with Gasteiger partial charge in [-0.25, -0.2) is 8.42 Å². The van der Waals surface area contributed by atoms with Gasteiger partial charge in [0, 0.05) is 40.5 Å². The average Bonchev–Trinajstić information content (AvgIpc) is 3.05. The zero-order valence-corrected chi connectivity index (χ0v) is 17.9. The summed E-state index contributed by atoms with van der Waals surface area (Å²) in [6.07, 6.45) is 10.8. The van der Waals surface area contributed by atoms with E-state index in [-0.39, 0.29) is 5.75 Å². The van der Waals surface area contributed by atoms with Gasteiger partial charge in [-0.2, -0.15) is 0 Å². The molecule has 156 valence electrons. The van der Waals surface area contributed by atoms with Gasteiger partial charge in [0.1, 0.15) is 6.54 Å². The van der Waals surface area contributed by atoms with Crippen molar-refractivity contribution in [2.45, 2.75) is 19.9 Å². The molecule has 2 heterocycles. The van der Waals surface area contributed by atoms with Crippen molar-refractivity contribution in [3.8, 4) is 0 Å². The van der Waals surface area contributed by atoms with Crippen molar-refractivity contribution < 1.29 is 17.9 Å². The highest BCUT2D eigenvalue weighted by Gasteiger charge is 2.10. The smallest absolute Gasteiger partial charge is 0.101 e. The van der Waals surface area contributed by atoms with Gasteiger partial charge < -0.3 is 14.0 Å². The standard InChI is InChI=1S/C24H26N2O3S/c1-2-26-23-7-4-3-6-21(23)22-18-20(10-11-24(22)26)9-8-19-12-15-25(16-13-19)14-5-17-30(27,28)29/h3-4,6-13,15,18H,2,5,14,16-17H2,1H3,(H,27,28,29)/b9-8+. The van der Waals surface area contributed by atoms with Crippen LogP contribution in [-0.2, 0) is 16.7 Å². The Labute approximate surface area is 177 Å². The molecule has 1 aliphatic rings. The third-order valence-corrected chi connectivity index (χ3v) is 6.37. The van der Waals surface area contributed by atoms with Crippen molar-refractivity contribution in [2.75, 3.05) is 18.8 Å². The van der Waals surface area contributed by atoms with E-state index in [1.165, 1.54) is 21.8 Å². The Balaban J connectivity index is 1.47. The summed E-state index contributed by atoms with van der Waals surface area (Å²) in [5.74, 6) is -0.294. The van der Waals surface area contributed by atoms with Crippen molar-refractivity contribution in [3.05, 3.63) is 78.0 Å². The predicted octanol–water partition coefficient (Wildman–Crippen LogP) is 3.10. The Kier molecular flexibility index (Phi) is 5.90. The van der Waals surface area contributed by atoms with Crippen molar-refractivity contribution in [1.82, 2.24) is 4.57 Å². The fourth-order valence-electron chi connectivity index (χ4n) is 4.09. The molecule has 0 amide bonds. The minimum absolute atomic E-state index is 0.294. The number of para-hydroxylation sites is 1. The number of aromatic nitrogens is 1. The molecule has 1 unspecified atom stereocenters. The number of quaternary nitrogens is 1. The van der Waals surface area contributed by atoms with Crippen molar-refractivity contribution in [2.24, 2.45) is 0 Å². The summed E-state index contributed by atoms with van der Waals surface area (Å²) in [7, 11) is -4.12. The maximum atomic E-state index is 10.7. The summed E-state index contributed by atoms with van der Waals surface area (Å²) in [4.78, 5) is 1.16. The van der Waals surface area contributed by atoms with Crippen LogP contribution in [0.4, 0.5) is 0 Å². The molecule has 0 saturated carbocycles. The maximum absolute atomic E-state index is 10.7. The zero-order valence-electron chi connectivity index (χ0n) is 17.0. The lowest BCUT2D eigenvalue weighted by Gasteiger charge is -2.17. The molecule has 1 atom stereocenters. The molecule has 0 spiro atoms. The second-order valence-corrected chi connectivity index (χ2v) is 9.16. The van der Waals surface area contributed by atoms with Crippen molar-refractivity contribution in [3.63, 3.8) is 0 Å². The second kappa shape index (κ2) is 8.60. The Bertz CT molecular complexity index is 1270. The summed E-state index contributed by atoms with van der Waals surface area (Å²) < 4.78 is 34.5. The molecule has 2 aromatic carbocycles. The molecule has 0 saturated heterocycles. The van der Waals surface area contributed by atoms with Gasteiger partial charge in [0.15, 0.2) is 0 Å². The Morgan fingerprint density at radius 1 is 1.10 bits per heavy atom. The van der Waals surface area contributed by atoms with Crippen LogP contribution in [0.2, 0.25) is 0 Å². The molecule has 0 aliphatic carbocycles. The molecule has 1 aromatic heterocycles. The number of nitrogens with one attached hydrogen (secondary N) is 1. The maximum Gasteiger partial charge on any atom is 0.101 e. The molecule has 0 radical (unpaired) electrons. The van der Waals surface area contributed by atoms with Crippen LogP contribution in [0.1, 0.15) is 18.9 Å². The molecule has 4 rings (SSSR count). The Hall–Kier alpha value is -2.67. The normalized spacial score (nSPS) is 17.3. The third kappa shape index (κ3) is 4.56. The van der Waals surface area contributed by atoms with Crippen LogP contribution in [0, 0.1) is 0 Å². The molecule has 3 aromatic rings. The van der Waals surface area contributed by atoms with E-state index in [1.54, 1.807) is 0 Å². The molecule has 30 heavy (non-hydrogen) atoms. The van der Waals surface area contributed by atoms with Gasteiger partial charge in [0.05, 0.1) is 22.9 Å². The first-order chi connectivity index (χ1) is 14.4. The molecule has 5 nitrogen and oxygen atoms in total. The van der Waals surface area contributed by atoms with Crippen LogP contribution in [-0.4, -0.2) is 36.4 Å². The van der Waals surface area contributed by atoms with Gasteiger partial charge in [-0.15, -0.1) is 0 Å². The molecule has 0 fully saturated rings. The quantitative estimate of drug-likeness (QED) is 0.595. The molecular formula is C24H26N2O3S. The third-order valence-electron chi connectivity index (χ3n) is 5.58. The topological polar surface area (TPSA) is 66.6 Å². The fourth-order valence-corrected chi connectivity index (χ4v) is 4.59. The van der Waals surface area contributed by atoms with E-state index >= 15 is 0 Å². The van der Waals surface area contributed by atoms with Gasteiger partial charge in [-0.05, 0) is 48.4 Å². The summed E-state index contributed by atoms with van der Waals surface area (Å²) in [5, 5.41) is 2.55. The van der Waals surface area contributed by atoms with E-state index in [2.05, 4.69) is 72.2 Å². The highest BCUT2D eigenvalue weighted by Crippen LogP contribution is 2.30. The van der Waals surface area contributed by atoms with Crippen LogP contribution in [0.5, 0.6) is 0 Å². The largest absolute Gasteiger partial charge is 0.748 e. The number of hydrogen-bond acceptors (Lipinski definition) is 3. The molecule has 1 N–H and O–H groups in total. The number of benzene rings is 2. The lowest BCUT2D eigenvalue weighted by molar-refractivity contribution is -0.841. The minimum Gasteiger partial charge on any atom is -0.748 e. The van der Waals surface area contributed by atoms with Gasteiger partial charge in [0.25, 0.3) is 0 Å². The van der Waals surface area contributed by atoms with Crippen LogP contribution in [0.3, 0.4) is 0 Å². The SMILES string of the molecule is CCn1c2ccccc2c2cc(/C=C/C3=CC[NH+](CCCS(=O)(=O)[O-])C=C3)ccc21. The van der Waals surface area contributed by atoms with Crippen LogP contribution in [0.15, 0.2) is 72.5 Å². The lowest BCUT2D eigenvalue weighted by atomic mass is 10.1. The van der Waals surface area contributed by atoms with Gasteiger partial charge in [-0.1, -0.05) is 36.4 Å². The first kappa shape index (κ1) is 20.6. The van der Waals surface area contributed by atoms with E-state index in [1.807, 2.05) is 12.3 Å². The van der Waals surface area contributed by atoms with Gasteiger partial charge >= 0.3 is 0 Å². The van der Waals surface area contributed by atoms with E-state index in [9.17, 15) is 13.0 Å². The number of aryl methyl sites for hydroxylation is 1. The molecule has 1 aliphatic heterocycles. The minimum atomic E-state index is -4.12. The molecular weight excluding hydrogens is 396 g/mol. The number of allylic oxidation sites excluding steroid dienone is 3. The average molecular weight is 423 g/mol. The van der Waals surface area contributed by atoms with Crippen LogP contribution < -0.4 is 4.90 Å². The van der Waals surface area contributed by atoms with E-state index in [0.29, 0.717) is 13.0 Å². The highest BCUT2D eigenvalue weighted by atomic mass is 32.2. The number of nitrogens with zero attached hydrogens (tertiary/aromatic N) is 1. The summed E-state index contributed by atoms with van der Waals surface area (Å²) in [6, 6.07) is 15.1. The van der Waals surface area contributed by atoms with Crippen LogP contribution in [0.25, 0.3) is 27.9 Å². The summed E-state index contributed by atoms with van der Waals surface area (Å²) in [6.45, 7) is 4.55. The van der Waals surface area contributed by atoms with Gasteiger partial charge in [0.2, 0.25) is 0 Å². The van der Waals surface area contributed by atoms with Crippen molar-refractivity contribution >= 4 is 38.0 Å². The number of fused-ring (bicyclic) bond motifs is 3. The van der Waals surface area contributed by atoms with Crippen molar-refractivity contribution in [1.29, 1.82) is 0 Å². The van der Waals surface area contributed by atoms with Gasteiger partial charge in [-0.3, -0.25) is 0 Å². The van der Waals surface area contributed by atoms with Crippen LogP contribution >= 0.6 is 0 Å². The Morgan fingerprint density at radius 2 is 1.90 bits per heavy atom.